The van der Waals surface area contributed by atoms with Crippen molar-refractivity contribution in [2.24, 2.45) is 51.2 Å². The highest BCUT2D eigenvalue weighted by Gasteiger charge is 2.66. The third kappa shape index (κ3) is 5.00. The van der Waals surface area contributed by atoms with Gasteiger partial charge in [-0.2, -0.15) is 11.8 Å². The summed E-state index contributed by atoms with van der Waals surface area (Å²) in [6, 6.07) is 5.17. The van der Waals surface area contributed by atoms with E-state index in [-0.39, 0.29) is 21.8 Å². The second-order valence-electron chi connectivity index (χ2n) is 16.8. The van der Waals surface area contributed by atoms with E-state index in [1.165, 1.54) is 62.0 Å². The molecule has 8 unspecified atom stereocenters. The van der Waals surface area contributed by atoms with Gasteiger partial charge in [-0.1, -0.05) is 46.3 Å². The normalized spacial score (nSPS) is 40.7. The molecular formula is C39H55FN2O2S. The number of amides is 1. The van der Waals surface area contributed by atoms with Crippen LogP contribution < -0.4 is 5.32 Å². The number of nitrogens with zero attached hydrogens (tertiary/aromatic N) is 1. The summed E-state index contributed by atoms with van der Waals surface area (Å²) in [5, 5.41) is 3.47. The average Bonchev–Trinajstić information content (AvgIpc) is 3.47. The molecule has 1 aromatic carbocycles. The molecule has 1 aromatic rings. The highest BCUT2D eigenvalue weighted by molar-refractivity contribution is 7.99. The fourth-order valence-electron chi connectivity index (χ4n) is 12.8. The summed E-state index contributed by atoms with van der Waals surface area (Å²) in [6.45, 7) is 14.1. The monoisotopic (exact) mass is 634 g/mol. The zero-order valence-corrected chi connectivity index (χ0v) is 29.0. The lowest BCUT2D eigenvalue weighted by Gasteiger charge is -2.68. The summed E-state index contributed by atoms with van der Waals surface area (Å²) >= 11 is 2.04. The number of thioether (sulfide) groups is 1. The topological polar surface area (TPSA) is 49.4 Å². The first-order chi connectivity index (χ1) is 21.5. The molecule has 0 bridgehead atoms. The van der Waals surface area contributed by atoms with Crippen LogP contribution in [0.2, 0.25) is 0 Å². The number of nitrogens with one attached hydrogen (secondary N) is 1. The van der Waals surface area contributed by atoms with Crippen LogP contribution in [0.5, 0.6) is 0 Å². The maximum atomic E-state index is 14.7. The largest absolute Gasteiger partial charge is 0.354 e. The van der Waals surface area contributed by atoms with Gasteiger partial charge in [-0.25, -0.2) is 4.39 Å². The number of carbonyl (C=O) groups excluding carboxylic acids is 2. The van der Waals surface area contributed by atoms with Crippen molar-refractivity contribution in [2.45, 2.75) is 91.9 Å². The number of rotatable bonds is 6. The van der Waals surface area contributed by atoms with Gasteiger partial charge in [-0.3, -0.25) is 14.5 Å². The molecule has 5 fully saturated rings. The maximum Gasteiger partial charge on any atom is 0.226 e. The Morgan fingerprint density at radius 3 is 2.53 bits per heavy atom. The number of aldehydes is 1. The fourth-order valence-corrected chi connectivity index (χ4v) is 13.8. The van der Waals surface area contributed by atoms with Crippen LogP contribution in [0.3, 0.4) is 0 Å². The van der Waals surface area contributed by atoms with Crippen molar-refractivity contribution in [1.29, 1.82) is 0 Å². The quantitative estimate of drug-likeness (QED) is 0.320. The Hall–Kier alpha value is -1.66. The van der Waals surface area contributed by atoms with Crippen LogP contribution in [-0.2, 0) is 4.79 Å². The number of benzene rings is 1. The third-order valence-corrected chi connectivity index (χ3v) is 15.7. The van der Waals surface area contributed by atoms with E-state index >= 15 is 0 Å². The second kappa shape index (κ2) is 11.8. The summed E-state index contributed by atoms with van der Waals surface area (Å²) in [5.41, 5.74) is 2.63. The molecule has 5 aliphatic carbocycles. The summed E-state index contributed by atoms with van der Waals surface area (Å²) in [7, 11) is 0. The minimum absolute atomic E-state index is 0.0708. The van der Waals surface area contributed by atoms with E-state index in [1.807, 2.05) is 17.8 Å². The molecule has 7 rings (SSSR count). The number of hydrogen-bond acceptors (Lipinski definition) is 4. The molecule has 1 aliphatic heterocycles. The smallest absolute Gasteiger partial charge is 0.226 e. The van der Waals surface area contributed by atoms with E-state index in [1.54, 1.807) is 12.1 Å². The maximum absolute atomic E-state index is 14.7. The second-order valence-corrected chi connectivity index (χ2v) is 18.0. The van der Waals surface area contributed by atoms with Crippen LogP contribution in [0.1, 0.15) is 108 Å². The molecule has 45 heavy (non-hydrogen) atoms. The molecule has 246 valence electrons. The van der Waals surface area contributed by atoms with Crippen molar-refractivity contribution >= 4 is 29.5 Å². The first-order valence-electron chi connectivity index (χ1n) is 18.1. The highest BCUT2D eigenvalue weighted by Crippen LogP contribution is 2.73. The van der Waals surface area contributed by atoms with Gasteiger partial charge in [0, 0.05) is 37.7 Å². The molecular weight excluding hydrogens is 580 g/mol. The van der Waals surface area contributed by atoms with E-state index in [9.17, 15) is 14.0 Å². The predicted octanol–water partition coefficient (Wildman–Crippen LogP) is 8.26. The van der Waals surface area contributed by atoms with Gasteiger partial charge < -0.3 is 5.32 Å². The van der Waals surface area contributed by atoms with E-state index in [0.717, 1.165) is 51.0 Å². The molecule has 6 aliphatic rings. The molecule has 4 nitrogen and oxygen atoms in total. The van der Waals surface area contributed by atoms with Crippen LogP contribution in [-0.4, -0.2) is 54.8 Å². The van der Waals surface area contributed by atoms with Gasteiger partial charge in [0.1, 0.15) is 5.82 Å². The lowest BCUT2D eigenvalue weighted by atomic mass is 9.36. The zero-order chi connectivity index (χ0) is 31.6. The van der Waals surface area contributed by atoms with E-state index in [0.29, 0.717) is 47.2 Å². The number of carbonyl (C=O) groups is 2. The molecule has 6 heteroatoms. The Morgan fingerprint density at radius 2 is 1.78 bits per heavy atom. The van der Waals surface area contributed by atoms with Gasteiger partial charge in [0.25, 0.3) is 0 Å². The lowest BCUT2D eigenvalue weighted by molar-refractivity contribution is -0.181. The van der Waals surface area contributed by atoms with Crippen molar-refractivity contribution in [3.8, 4) is 0 Å². The molecule has 1 heterocycles. The third-order valence-electron chi connectivity index (χ3n) is 14.8. The summed E-state index contributed by atoms with van der Waals surface area (Å²) in [6.07, 6.45) is 14.9. The number of hydrogen-bond donors (Lipinski definition) is 1. The first-order valence-corrected chi connectivity index (χ1v) is 19.2. The lowest BCUT2D eigenvalue weighted by Crippen LogP contribution is -2.62. The van der Waals surface area contributed by atoms with Crippen molar-refractivity contribution in [2.75, 3.05) is 37.7 Å². The van der Waals surface area contributed by atoms with Crippen molar-refractivity contribution in [3.05, 3.63) is 41.2 Å². The van der Waals surface area contributed by atoms with E-state index in [2.05, 4.69) is 44.0 Å². The number of fused-ring (bicyclic) bond motifs is 7. The Morgan fingerprint density at radius 1 is 0.978 bits per heavy atom. The summed E-state index contributed by atoms with van der Waals surface area (Å²) < 4.78 is 14.7. The molecule has 1 N–H and O–H groups in total. The van der Waals surface area contributed by atoms with Gasteiger partial charge in [0.15, 0.2) is 6.29 Å². The molecule has 0 spiro atoms. The zero-order valence-electron chi connectivity index (χ0n) is 28.1. The van der Waals surface area contributed by atoms with E-state index < -0.39 is 5.82 Å². The van der Waals surface area contributed by atoms with Gasteiger partial charge in [-0.05, 0) is 127 Å². The number of halogens is 1. The Kier molecular flexibility index (Phi) is 8.36. The van der Waals surface area contributed by atoms with Crippen molar-refractivity contribution in [3.63, 3.8) is 0 Å². The molecule has 8 atom stereocenters. The number of allylic oxidation sites excluding steroid dienone is 2. The highest BCUT2D eigenvalue weighted by atomic mass is 32.2. The van der Waals surface area contributed by atoms with Crippen LogP contribution in [0.4, 0.5) is 4.39 Å². The van der Waals surface area contributed by atoms with Crippen molar-refractivity contribution in [1.82, 2.24) is 10.2 Å². The Labute approximate surface area is 275 Å². The van der Waals surface area contributed by atoms with Crippen LogP contribution in [0.25, 0.3) is 5.57 Å². The molecule has 1 amide bonds. The first kappa shape index (κ1) is 31.9. The van der Waals surface area contributed by atoms with Gasteiger partial charge in [0.05, 0.1) is 11.0 Å². The average molecular weight is 635 g/mol. The predicted molar refractivity (Wildman–Crippen MR) is 183 cm³/mol. The van der Waals surface area contributed by atoms with Crippen LogP contribution in [0.15, 0.2) is 24.3 Å². The Balaban J connectivity index is 1.10. The van der Waals surface area contributed by atoms with Gasteiger partial charge >= 0.3 is 0 Å². The van der Waals surface area contributed by atoms with Gasteiger partial charge in [0.2, 0.25) is 5.91 Å². The molecule has 4 saturated carbocycles. The molecule has 0 aromatic heterocycles. The van der Waals surface area contributed by atoms with Crippen molar-refractivity contribution < 1.29 is 14.0 Å². The SMILES string of the molecule is CC1(C)C(c2ccc(C=O)c(F)c2)=CCC2(C)C1CCC1(C)C3CCC4(C(=O)NCCN5CCSCC5)CCCC4C3CCC12. The minimum atomic E-state index is -0.419. The Bertz CT molecular complexity index is 1350. The van der Waals surface area contributed by atoms with Crippen LogP contribution in [0, 0.1) is 57.1 Å². The van der Waals surface area contributed by atoms with Gasteiger partial charge in [-0.15, -0.1) is 0 Å². The molecule has 1 saturated heterocycles. The summed E-state index contributed by atoms with van der Waals surface area (Å²) in [4.78, 5) is 27.8. The summed E-state index contributed by atoms with van der Waals surface area (Å²) in [5.74, 6) is 5.52. The standard InChI is InChI=1S/C39H55FN2O2S/c1-36(2)29(26-7-8-27(25-43)32(40)24-26)11-15-38(4)33(36)13-16-37(3)30-12-17-39(14-5-6-31(39)28(30)9-10-34(37)38)35(44)41-18-19-42-20-22-45-23-21-42/h7-8,11,24-25,28,30-31,33-34H,5-6,9-10,12-23H2,1-4H3,(H,41,44). The fraction of sp³-hybridized carbons (Fsp3) is 0.744. The van der Waals surface area contributed by atoms with Crippen LogP contribution >= 0.6 is 11.8 Å². The molecule has 0 radical (unpaired) electrons. The minimum Gasteiger partial charge on any atom is -0.354 e. The van der Waals surface area contributed by atoms with E-state index in [4.69, 9.17) is 0 Å².